The average Bonchev–Trinajstić information content (AvgIpc) is 3.09. The predicted molar refractivity (Wildman–Crippen MR) is 126 cm³/mol. The first-order valence-electron chi connectivity index (χ1n) is 10.5. The highest BCUT2D eigenvalue weighted by Gasteiger charge is 2.46. The van der Waals surface area contributed by atoms with Crippen molar-refractivity contribution in [2.45, 2.75) is 12.6 Å². The monoisotopic (exact) mass is 443 g/mol. The Balaban J connectivity index is 1.85. The number of Topliss-reactive ketones (excluding diaryl/α,β-unsaturated/α-hetero) is 1. The van der Waals surface area contributed by atoms with Gasteiger partial charge in [0.25, 0.3) is 11.7 Å². The van der Waals surface area contributed by atoms with E-state index in [0.29, 0.717) is 17.0 Å². The van der Waals surface area contributed by atoms with Gasteiger partial charge in [-0.3, -0.25) is 14.6 Å². The fourth-order valence-corrected chi connectivity index (χ4v) is 3.94. The molecule has 1 aliphatic heterocycles. The summed E-state index contributed by atoms with van der Waals surface area (Å²) in [6, 6.07) is 19.0. The molecule has 2 aromatic carbocycles. The average molecular weight is 444 g/mol. The Labute approximate surface area is 192 Å². The third kappa shape index (κ3) is 4.30. The second-order valence-corrected chi connectivity index (χ2v) is 7.97. The van der Waals surface area contributed by atoms with E-state index in [9.17, 15) is 14.7 Å². The van der Waals surface area contributed by atoms with Crippen molar-refractivity contribution in [2.24, 2.45) is 0 Å². The molecule has 3 aromatic rings. The van der Waals surface area contributed by atoms with Crippen molar-refractivity contribution in [1.29, 1.82) is 0 Å². The molecule has 1 aromatic heterocycles. The van der Waals surface area contributed by atoms with Crippen LogP contribution < -0.4 is 9.64 Å². The van der Waals surface area contributed by atoms with E-state index in [2.05, 4.69) is 4.98 Å². The number of pyridine rings is 1. The zero-order chi connectivity index (χ0) is 23.5. The maximum absolute atomic E-state index is 13.2. The minimum atomic E-state index is -0.755. The molecule has 168 valence electrons. The molecular formula is C26H25N3O4. The van der Waals surface area contributed by atoms with Gasteiger partial charge in [0.05, 0.1) is 31.0 Å². The standard InChI is InChI=1S/C26H25N3O4/c1-28(2)20-12-10-17(11-13-20)23-22(24(30)18-7-6-9-21(15-18)33-3)25(31)26(32)29(23)16-19-8-4-5-14-27-19/h4-15,23,30H,16H2,1-3H3/b24-22-. The summed E-state index contributed by atoms with van der Waals surface area (Å²) in [5.74, 6) is -1.11. The van der Waals surface area contributed by atoms with Gasteiger partial charge in [0, 0.05) is 31.5 Å². The number of carbonyl (C=O) groups excluding carboxylic acids is 2. The molecule has 1 atom stereocenters. The number of aliphatic hydroxyl groups excluding tert-OH is 1. The highest BCUT2D eigenvalue weighted by molar-refractivity contribution is 6.46. The quantitative estimate of drug-likeness (QED) is 0.355. The molecule has 1 unspecified atom stereocenters. The molecule has 1 fully saturated rings. The normalized spacial score (nSPS) is 17.3. The van der Waals surface area contributed by atoms with Crippen molar-refractivity contribution >= 4 is 23.1 Å². The Morgan fingerprint density at radius 1 is 1.06 bits per heavy atom. The highest BCUT2D eigenvalue weighted by atomic mass is 16.5. The summed E-state index contributed by atoms with van der Waals surface area (Å²) in [6.45, 7) is 0.139. The fourth-order valence-electron chi connectivity index (χ4n) is 3.94. The maximum Gasteiger partial charge on any atom is 0.296 e. The Bertz CT molecular complexity index is 1200. The number of benzene rings is 2. The summed E-state index contributed by atoms with van der Waals surface area (Å²) in [7, 11) is 5.40. The first-order valence-corrected chi connectivity index (χ1v) is 10.5. The van der Waals surface area contributed by atoms with Crippen molar-refractivity contribution in [3.05, 3.63) is 95.3 Å². The summed E-state index contributed by atoms with van der Waals surface area (Å²) in [6.07, 6.45) is 1.64. The molecule has 0 saturated carbocycles. The van der Waals surface area contributed by atoms with E-state index in [4.69, 9.17) is 4.74 Å². The smallest absolute Gasteiger partial charge is 0.296 e. The van der Waals surface area contributed by atoms with Crippen LogP contribution in [-0.4, -0.2) is 47.9 Å². The van der Waals surface area contributed by atoms with E-state index >= 15 is 0 Å². The second-order valence-electron chi connectivity index (χ2n) is 7.97. The van der Waals surface area contributed by atoms with Gasteiger partial charge >= 0.3 is 0 Å². The van der Waals surface area contributed by atoms with E-state index in [1.807, 2.05) is 49.3 Å². The molecule has 4 rings (SSSR count). The lowest BCUT2D eigenvalue weighted by atomic mass is 9.95. The van der Waals surface area contributed by atoms with Crippen molar-refractivity contribution in [1.82, 2.24) is 9.88 Å². The number of nitrogens with zero attached hydrogens (tertiary/aromatic N) is 3. The Kier molecular flexibility index (Phi) is 6.13. The third-order valence-corrected chi connectivity index (χ3v) is 5.67. The first-order chi connectivity index (χ1) is 15.9. The van der Waals surface area contributed by atoms with Gasteiger partial charge in [-0.15, -0.1) is 0 Å². The predicted octanol–water partition coefficient (Wildman–Crippen LogP) is 3.78. The second kappa shape index (κ2) is 9.16. The van der Waals surface area contributed by atoms with Crippen LogP contribution in [-0.2, 0) is 16.1 Å². The lowest BCUT2D eigenvalue weighted by Gasteiger charge is -2.25. The molecule has 1 N–H and O–H groups in total. The van der Waals surface area contributed by atoms with Gasteiger partial charge in [-0.25, -0.2) is 0 Å². The number of ether oxygens (including phenoxy) is 1. The number of rotatable bonds is 6. The summed E-state index contributed by atoms with van der Waals surface area (Å²) in [5, 5.41) is 11.2. The zero-order valence-corrected chi connectivity index (χ0v) is 18.7. The van der Waals surface area contributed by atoms with Crippen LogP contribution in [0, 0.1) is 0 Å². The van der Waals surface area contributed by atoms with E-state index < -0.39 is 17.7 Å². The number of hydrogen-bond acceptors (Lipinski definition) is 6. The van der Waals surface area contributed by atoms with Crippen LogP contribution in [0.15, 0.2) is 78.5 Å². The molecule has 0 aliphatic carbocycles. The Morgan fingerprint density at radius 3 is 2.45 bits per heavy atom. The van der Waals surface area contributed by atoms with E-state index in [0.717, 1.165) is 11.3 Å². The molecular weight excluding hydrogens is 418 g/mol. The van der Waals surface area contributed by atoms with Crippen LogP contribution in [0.2, 0.25) is 0 Å². The number of hydrogen-bond donors (Lipinski definition) is 1. The number of aromatic nitrogens is 1. The van der Waals surface area contributed by atoms with Crippen LogP contribution in [0.1, 0.15) is 22.9 Å². The van der Waals surface area contributed by atoms with E-state index in [1.54, 1.807) is 42.6 Å². The molecule has 7 heteroatoms. The van der Waals surface area contributed by atoms with Crippen molar-refractivity contribution in [3.63, 3.8) is 0 Å². The van der Waals surface area contributed by atoms with Gasteiger partial charge in [-0.2, -0.15) is 0 Å². The number of aliphatic hydroxyl groups is 1. The molecule has 2 heterocycles. The first kappa shape index (κ1) is 22.1. The van der Waals surface area contributed by atoms with E-state index in [-0.39, 0.29) is 17.9 Å². The summed E-state index contributed by atoms with van der Waals surface area (Å²) in [4.78, 5) is 34.0. The lowest BCUT2D eigenvalue weighted by Crippen LogP contribution is -2.29. The van der Waals surface area contributed by atoms with Gasteiger partial charge < -0.3 is 19.6 Å². The molecule has 1 amide bonds. The van der Waals surface area contributed by atoms with Gasteiger partial charge in [0.2, 0.25) is 0 Å². The van der Waals surface area contributed by atoms with Gasteiger partial charge in [0.1, 0.15) is 11.5 Å². The maximum atomic E-state index is 13.2. The fraction of sp³-hybridized carbons (Fsp3) is 0.192. The molecule has 0 spiro atoms. The van der Waals surface area contributed by atoms with Gasteiger partial charge in [-0.1, -0.05) is 30.3 Å². The molecule has 0 radical (unpaired) electrons. The molecule has 33 heavy (non-hydrogen) atoms. The number of ketones is 1. The van der Waals surface area contributed by atoms with Gasteiger partial charge in [0.15, 0.2) is 0 Å². The minimum absolute atomic E-state index is 0.0433. The van der Waals surface area contributed by atoms with Crippen LogP contribution in [0.3, 0.4) is 0 Å². The number of carbonyl (C=O) groups is 2. The van der Waals surface area contributed by atoms with Crippen LogP contribution >= 0.6 is 0 Å². The number of methoxy groups -OCH3 is 1. The zero-order valence-electron chi connectivity index (χ0n) is 18.7. The topological polar surface area (TPSA) is 83.0 Å². The lowest BCUT2D eigenvalue weighted by molar-refractivity contribution is -0.140. The summed E-state index contributed by atoms with van der Waals surface area (Å²) in [5.41, 5.74) is 2.80. The van der Waals surface area contributed by atoms with Crippen LogP contribution in [0.25, 0.3) is 5.76 Å². The number of likely N-dealkylation sites (tertiary alicyclic amines) is 1. The molecule has 0 bridgehead atoms. The summed E-state index contributed by atoms with van der Waals surface area (Å²) >= 11 is 0. The van der Waals surface area contributed by atoms with Crippen LogP contribution in [0.4, 0.5) is 5.69 Å². The van der Waals surface area contributed by atoms with Crippen LogP contribution in [0.5, 0.6) is 5.75 Å². The molecule has 1 aliphatic rings. The third-order valence-electron chi connectivity index (χ3n) is 5.67. The Morgan fingerprint density at radius 2 is 1.82 bits per heavy atom. The largest absolute Gasteiger partial charge is 0.507 e. The van der Waals surface area contributed by atoms with Crippen molar-refractivity contribution < 1.29 is 19.4 Å². The molecule has 7 nitrogen and oxygen atoms in total. The Hall–Kier alpha value is -4.13. The van der Waals surface area contributed by atoms with Gasteiger partial charge in [-0.05, 0) is 42.0 Å². The number of amides is 1. The number of anilines is 1. The van der Waals surface area contributed by atoms with Crippen molar-refractivity contribution in [3.8, 4) is 5.75 Å². The minimum Gasteiger partial charge on any atom is -0.507 e. The SMILES string of the molecule is COc1cccc(/C(O)=C2/C(=O)C(=O)N(Cc3ccccn3)C2c2ccc(N(C)C)cc2)c1. The van der Waals surface area contributed by atoms with Crippen molar-refractivity contribution in [2.75, 3.05) is 26.1 Å². The summed E-state index contributed by atoms with van der Waals surface area (Å²) < 4.78 is 5.25. The molecule has 1 saturated heterocycles. The highest BCUT2D eigenvalue weighted by Crippen LogP contribution is 2.40. The van der Waals surface area contributed by atoms with E-state index in [1.165, 1.54) is 12.0 Å².